The lowest BCUT2D eigenvalue weighted by Crippen LogP contribution is -2.57. The molecule has 0 saturated carbocycles. The van der Waals surface area contributed by atoms with Crippen LogP contribution in [-0.4, -0.2) is 82.8 Å². The number of fused-ring (bicyclic) bond motifs is 1. The molecule has 8 heteroatoms. The third-order valence-electron chi connectivity index (χ3n) is 7.64. The average molecular weight is 491 g/mol. The maximum Gasteiger partial charge on any atom is 0.312 e. The molecular formula is C27H42N2O6. The lowest BCUT2D eigenvalue weighted by Gasteiger charge is -2.38. The second-order valence-electron chi connectivity index (χ2n) is 10.2. The Kier molecular flexibility index (Phi) is 9.53. The van der Waals surface area contributed by atoms with Gasteiger partial charge in [-0.15, -0.1) is 13.2 Å². The number of allylic oxidation sites excluding steroid dienone is 1. The van der Waals surface area contributed by atoms with Crippen molar-refractivity contribution in [3.05, 3.63) is 25.3 Å². The number of nitrogens with zero attached hydrogens (tertiary/aromatic N) is 2. The minimum atomic E-state index is -1.00. The van der Waals surface area contributed by atoms with Crippen LogP contribution in [0.25, 0.3) is 0 Å². The molecule has 3 aliphatic heterocycles. The predicted octanol–water partition coefficient (Wildman–Crippen LogP) is 2.85. The van der Waals surface area contributed by atoms with Crippen LogP contribution in [0.3, 0.4) is 0 Å². The molecule has 35 heavy (non-hydrogen) atoms. The summed E-state index contributed by atoms with van der Waals surface area (Å²) in [6.45, 7) is 12.5. The van der Waals surface area contributed by atoms with Crippen molar-refractivity contribution >= 4 is 17.8 Å². The topological polar surface area (TPSA) is 96.4 Å². The molecule has 2 amide bonds. The lowest BCUT2D eigenvalue weighted by atomic mass is 9.70. The van der Waals surface area contributed by atoms with Crippen LogP contribution in [0.5, 0.6) is 0 Å². The molecule has 196 valence electrons. The van der Waals surface area contributed by atoms with Gasteiger partial charge in [-0.3, -0.25) is 14.4 Å². The molecule has 1 spiro atoms. The minimum absolute atomic E-state index is 0.0720. The number of esters is 1. The second-order valence-corrected chi connectivity index (χ2v) is 10.2. The van der Waals surface area contributed by atoms with Crippen LogP contribution in [0.4, 0.5) is 0 Å². The van der Waals surface area contributed by atoms with Gasteiger partial charge in [-0.05, 0) is 65.2 Å². The fourth-order valence-corrected chi connectivity index (χ4v) is 6.02. The molecule has 3 aliphatic rings. The van der Waals surface area contributed by atoms with E-state index in [1.54, 1.807) is 15.9 Å². The maximum absolute atomic E-state index is 13.9. The molecule has 0 aromatic heterocycles. The molecule has 0 aromatic carbocycles. The molecule has 3 saturated heterocycles. The molecule has 3 heterocycles. The first-order chi connectivity index (χ1) is 16.8. The first-order valence-corrected chi connectivity index (χ1v) is 13.1. The number of amides is 2. The summed E-state index contributed by atoms with van der Waals surface area (Å²) >= 11 is 0. The van der Waals surface area contributed by atoms with Crippen molar-refractivity contribution in [1.29, 1.82) is 0 Å². The molecule has 3 rings (SSSR count). The van der Waals surface area contributed by atoms with Crippen LogP contribution in [0.1, 0.15) is 65.2 Å². The number of aliphatic hydroxyl groups excluding tert-OH is 1. The normalized spacial score (nSPS) is 28.9. The Morgan fingerprint density at radius 1 is 1.23 bits per heavy atom. The Balaban J connectivity index is 1.86. The van der Waals surface area contributed by atoms with E-state index < -0.39 is 35.6 Å². The van der Waals surface area contributed by atoms with Crippen LogP contribution in [0.15, 0.2) is 25.3 Å². The van der Waals surface area contributed by atoms with E-state index in [0.29, 0.717) is 45.4 Å². The van der Waals surface area contributed by atoms with Gasteiger partial charge >= 0.3 is 5.97 Å². The SMILES string of the molecule is C=CCCCCOC(=O)[C@@H]1[C@@H]2CCC3(O2)C(C(=O)N(CC=C)C(C)C)N(CCCCCO)C(=O)[C@H]13. The van der Waals surface area contributed by atoms with Gasteiger partial charge in [-0.2, -0.15) is 0 Å². The smallest absolute Gasteiger partial charge is 0.312 e. The van der Waals surface area contributed by atoms with Gasteiger partial charge in [0, 0.05) is 25.7 Å². The zero-order valence-electron chi connectivity index (χ0n) is 21.3. The second kappa shape index (κ2) is 12.2. The monoisotopic (exact) mass is 490 g/mol. The van der Waals surface area contributed by atoms with E-state index >= 15 is 0 Å². The van der Waals surface area contributed by atoms with E-state index in [0.717, 1.165) is 25.7 Å². The Morgan fingerprint density at radius 2 is 2.00 bits per heavy atom. The highest BCUT2D eigenvalue weighted by Gasteiger charge is 2.75. The zero-order chi connectivity index (χ0) is 25.6. The summed E-state index contributed by atoms with van der Waals surface area (Å²) in [5, 5.41) is 9.15. The molecule has 2 bridgehead atoms. The summed E-state index contributed by atoms with van der Waals surface area (Å²) in [5.41, 5.74) is -1.00. The molecular weight excluding hydrogens is 448 g/mol. The van der Waals surface area contributed by atoms with Crippen LogP contribution in [0, 0.1) is 11.8 Å². The van der Waals surface area contributed by atoms with Crippen LogP contribution >= 0.6 is 0 Å². The third kappa shape index (κ3) is 5.33. The number of carbonyl (C=O) groups excluding carboxylic acids is 3. The summed E-state index contributed by atoms with van der Waals surface area (Å²) < 4.78 is 12.0. The van der Waals surface area contributed by atoms with Crippen LogP contribution in [-0.2, 0) is 23.9 Å². The Labute approximate surface area is 209 Å². The largest absolute Gasteiger partial charge is 0.465 e. The van der Waals surface area contributed by atoms with Crippen molar-refractivity contribution in [2.75, 3.05) is 26.3 Å². The first kappa shape index (κ1) is 27.4. The summed E-state index contributed by atoms with van der Waals surface area (Å²) in [5.74, 6) is -2.12. The summed E-state index contributed by atoms with van der Waals surface area (Å²) in [6.07, 6.45) is 8.88. The first-order valence-electron chi connectivity index (χ1n) is 13.1. The quantitative estimate of drug-likeness (QED) is 0.215. The lowest BCUT2D eigenvalue weighted by molar-refractivity contribution is -0.155. The van der Waals surface area contributed by atoms with Crippen molar-refractivity contribution in [2.24, 2.45) is 11.8 Å². The minimum Gasteiger partial charge on any atom is -0.465 e. The Bertz CT molecular complexity index is 799. The van der Waals surface area contributed by atoms with E-state index in [1.165, 1.54) is 0 Å². The van der Waals surface area contributed by atoms with E-state index in [9.17, 15) is 14.4 Å². The zero-order valence-corrected chi connectivity index (χ0v) is 21.3. The fraction of sp³-hybridized carbons (Fsp3) is 0.741. The van der Waals surface area contributed by atoms with Gasteiger partial charge in [0.2, 0.25) is 11.8 Å². The van der Waals surface area contributed by atoms with E-state index in [4.69, 9.17) is 14.6 Å². The van der Waals surface area contributed by atoms with Crippen molar-refractivity contribution in [3.8, 4) is 0 Å². The molecule has 0 aliphatic carbocycles. The van der Waals surface area contributed by atoms with Crippen molar-refractivity contribution in [2.45, 2.75) is 89.0 Å². The highest BCUT2D eigenvalue weighted by atomic mass is 16.6. The number of hydrogen-bond acceptors (Lipinski definition) is 6. The number of ether oxygens (including phenoxy) is 2. The van der Waals surface area contributed by atoms with Crippen molar-refractivity contribution in [1.82, 2.24) is 9.80 Å². The number of aliphatic hydroxyl groups is 1. The van der Waals surface area contributed by atoms with Gasteiger partial charge in [0.25, 0.3) is 0 Å². The van der Waals surface area contributed by atoms with Gasteiger partial charge in [-0.25, -0.2) is 0 Å². The van der Waals surface area contributed by atoms with Crippen molar-refractivity contribution < 1.29 is 29.0 Å². The van der Waals surface area contributed by atoms with Gasteiger partial charge in [0.1, 0.15) is 11.6 Å². The maximum atomic E-state index is 13.9. The number of unbranched alkanes of at least 4 members (excludes halogenated alkanes) is 4. The van der Waals surface area contributed by atoms with Gasteiger partial charge in [0.15, 0.2) is 0 Å². The molecule has 5 atom stereocenters. The fourth-order valence-electron chi connectivity index (χ4n) is 6.02. The molecule has 8 nitrogen and oxygen atoms in total. The highest BCUT2D eigenvalue weighted by Crippen LogP contribution is 2.58. The van der Waals surface area contributed by atoms with Gasteiger partial charge in [0.05, 0.1) is 24.5 Å². The Morgan fingerprint density at radius 3 is 2.66 bits per heavy atom. The number of rotatable bonds is 15. The standard InChI is InChI=1S/C27H42N2O6/c1-5-7-8-12-18-34-26(33)21-20-13-14-27(35-20)22(21)24(31)29(16-10-9-11-17-30)23(27)25(32)28(15-6-2)19(3)4/h5-6,19-23,30H,1-2,7-18H2,3-4H3/t20-,21+,22-,23?,27?/m0/s1. The molecule has 1 N–H and O–H groups in total. The number of hydrogen-bond donors (Lipinski definition) is 1. The molecule has 0 radical (unpaired) electrons. The highest BCUT2D eigenvalue weighted by molar-refractivity contribution is 5.98. The Hall–Kier alpha value is -2.19. The van der Waals surface area contributed by atoms with Crippen molar-refractivity contribution in [3.63, 3.8) is 0 Å². The molecule has 0 aromatic rings. The van der Waals surface area contributed by atoms with E-state index in [2.05, 4.69) is 13.2 Å². The summed E-state index contributed by atoms with van der Waals surface area (Å²) in [6, 6.07) is -0.843. The molecule has 2 unspecified atom stereocenters. The number of carbonyl (C=O) groups is 3. The summed E-state index contributed by atoms with van der Waals surface area (Å²) in [4.78, 5) is 44.3. The van der Waals surface area contributed by atoms with Gasteiger partial charge < -0.3 is 24.4 Å². The average Bonchev–Trinajstić information content (AvgIpc) is 3.47. The van der Waals surface area contributed by atoms with Gasteiger partial charge in [-0.1, -0.05) is 12.2 Å². The van der Waals surface area contributed by atoms with Crippen LogP contribution < -0.4 is 0 Å². The molecule has 3 fully saturated rings. The summed E-state index contributed by atoms with van der Waals surface area (Å²) in [7, 11) is 0. The van der Waals surface area contributed by atoms with Crippen LogP contribution in [0.2, 0.25) is 0 Å². The third-order valence-corrected chi connectivity index (χ3v) is 7.64. The predicted molar refractivity (Wildman–Crippen MR) is 132 cm³/mol. The number of likely N-dealkylation sites (tertiary alicyclic amines) is 1. The van der Waals surface area contributed by atoms with E-state index in [-0.39, 0.29) is 24.5 Å². The van der Waals surface area contributed by atoms with E-state index in [1.807, 2.05) is 19.9 Å².